The summed E-state index contributed by atoms with van der Waals surface area (Å²) in [4.78, 5) is 2.54. The maximum Gasteiger partial charge on any atom is 0.161 e. The van der Waals surface area contributed by atoms with Gasteiger partial charge in [-0.2, -0.15) is 0 Å². The minimum absolute atomic E-state index is 0.188. The molecule has 19 heavy (non-hydrogen) atoms. The molecule has 1 aliphatic heterocycles. The lowest BCUT2D eigenvalue weighted by atomic mass is 10.0. The van der Waals surface area contributed by atoms with Gasteiger partial charge in [0.1, 0.15) is 6.10 Å². The van der Waals surface area contributed by atoms with E-state index in [9.17, 15) is 10.2 Å². The fourth-order valence-electron chi connectivity index (χ4n) is 1.81. The normalized spacial score (nSPS) is 16.9. The van der Waals surface area contributed by atoms with E-state index in [1.807, 2.05) is 0 Å². The maximum absolute atomic E-state index is 9.96. The molecule has 7 heteroatoms. The first kappa shape index (κ1) is 13.5. The fourth-order valence-corrected chi connectivity index (χ4v) is 1.81. The van der Waals surface area contributed by atoms with Crippen LogP contribution in [-0.4, -0.2) is 36.1 Å². The van der Waals surface area contributed by atoms with Crippen molar-refractivity contribution in [2.45, 2.75) is 18.6 Å². The zero-order valence-corrected chi connectivity index (χ0v) is 10.3. The van der Waals surface area contributed by atoms with Gasteiger partial charge < -0.3 is 19.7 Å². The molecule has 0 aliphatic carbocycles. The average Bonchev–Trinajstić information content (AvgIpc) is 2.68. The molecule has 0 saturated carbocycles. The molecule has 0 amide bonds. The van der Waals surface area contributed by atoms with Crippen LogP contribution in [0.25, 0.3) is 10.4 Å². The molecule has 1 heterocycles. The van der Waals surface area contributed by atoms with Gasteiger partial charge in [0, 0.05) is 11.3 Å². The highest BCUT2D eigenvalue weighted by molar-refractivity contribution is 5.44. The van der Waals surface area contributed by atoms with Crippen LogP contribution >= 0.6 is 0 Å². The molecule has 1 aromatic carbocycles. The van der Waals surface area contributed by atoms with E-state index in [1.165, 1.54) is 0 Å². The standard InChI is InChI=1S/C12H15N3O4/c13-15-14-7-9(16)12(17)8-2-3-10-11(6-8)19-5-1-4-18-10/h2-3,6,9,12,16-17H,1,4-5,7H2. The number of fused-ring (bicyclic) bond motifs is 1. The highest BCUT2D eigenvalue weighted by Gasteiger charge is 2.20. The van der Waals surface area contributed by atoms with Crippen LogP contribution in [0.3, 0.4) is 0 Å². The number of benzene rings is 1. The molecular weight excluding hydrogens is 250 g/mol. The molecule has 2 N–H and O–H groups in total. The summed E-state index contributed by atoms with van der Waals surface area (Å²) < 4.78 is 11.0. The summed E-state index contributed by atoms with van der Waals surface area (Å²) in [6, 6.07) is 4.97. The van der Waals surface area contributed by atoms with Crippen LogP contribution in [0, 0.1) is 0 Å². The lowest BCUT2D eigenvalue weighted by Crippen LogP contribution is -2.21. The molecule has 0 saturated heterocycles. The van der Waals surface area contributed by atoms with Crippen molar-refractivity contribution in [2.75, 3.05) is 19.8 Å². The summed E-state index contributed by atoms with van der Waals surface area (Å²) in [5, 5.41) is 22.9. The van der Waals surface area contributed by atoms with Crippen molar-refractivity contribution in [1.29, 1.82) is 0 Å². The van der Waals surface area contributed by atoms with E-state index in [0.29, 0.717) is 30.3 Å². The van der Waals surface area contributed by atoms with E-state index in [2.05, 4.69) is 10.0 Å². The van der Waals surface area contributed by atoms with Gasteiger partial charge >= 0.3 is 0 Å². The second-order valence-corrected chi connectivity index (χ2v) is 4.18. The van der Waals surface area contributed by atoms with Crippen LogP contribution in [-0.2, 0) is 0 Å². The monoisotopic (exact) mass is 265 g/mol. The Balaban J connectivity index is 2.16. The van der Waals surface area contributed by atoms with Crippen molar-refractivity contribution < 1.29 is 19.7 Å². The Kier molecular flexibility index (Phi) is 4.46. The van der Waals surface area contributed by atoms with Crippen molar-refractivity contribution in [3.05, 3.63) is 34.2 Å². The average molecular weight is 265 g/mol. The van der Waals surface area contributed by atoms with E-state index in [0.717, 1.165) is 6.42 Å². The fraction of sp³-hybridized carbons (Fsp3) is 0.500. The van der Waals surface area contributed by atoms with Gasteiger partial charge in [0.15, 0.2) is 11.5 Å². The van der Waals surface area contributed by atoms with Gasteiger partial charge in [-0.25, -0.2) is 0 Å². The van der Waals surface area contributed by atoms with E-state index in [1.54, 1.807) is 18.2 Å². The Morgan fingerprint density at radius 1 is 1.26 bits per heavy atom. The van der Waals surface area contributed by atoms with Gasteiger partial charge in [0.25, 0.3) is 0 Å². The van der Waals surface area contributed by atoms with E-state index < -0.39 is 12.2 Å². The molecule has 1 aromatic rings. The number of ether oxygens (including phenoxy) is 2. The smallest absolute Gasteiger partial charge is 0.161 e. The quantitative estimate of drug-likeness (QED) is 0.489. The van der Waals surface area contributed by atoms with Crippen LogP contribution in [0.1, 0.15) is 18.1 Å². The van der Waals surface area contributed by atoms with Gasteiger partial charge in [0.2, 0.25) is 0 Å². The first-order valence-electron chi connectivity index (χ1n) is 5.99. The third-order valence-electron chi connectivity index (χ3n) is 2.81. The molecular formula is C12H15N3O4. The Morgan fingerprint density at radius 2 is 2.00 bits per heavy atom. The molecule has 0 radical (unpaired) electrons. The number of hydrogen-bond donors (Lipinski definition) is 2. The third kappa shape index (κ3) is 3.29. The Bertz CT molecular complexity index is 488. The summed E-state index contributed by atoms with van der Waals surface area (Å²) in [5.41, 5.74) is 8.68. The molecule has 2 rings (SSSR count). The lowest BCUT2D eigenvalue weighted by molar-refractivity contribution is 0.0242. The minimum Gasteiger partial charge on any atom is -0.490 e. The molecule has 0 spiro atoms. The SMILES string of the molecule is [N-]=[N+]=NCC(O)C(O)c1ccc2c(c1)OCCCO2. The van der Waals surface area contributed by atoms with Crippen LogP contribution in [0.5, 0.6) is 11.5 Å². The maximum atomic E-state index is 9.96. The molecule has 2 unspecified atom stereocenters. The van der Waals surface area contributed by atoms with Crippen LogP contribution in [0.2, 0.25) is 0 Å². The zero-order chi connectivity index (χ0) is 13.7. The first-order valence-corrected chi connectivity index (χ1v) is 5.99. The van der Waals surface area contributed by atoms with E-state index >= 15 is 0 Å². The van der Waals surface area contributed by atoms with Gasteiger partial charge in [0.05, 0.1) is 25.9 Å². The Hall–Kier alpha value is -1.95. The molecule has 0 bridgehead atoms. The Morgan fingerprint density at radius 3 is 2.74 bits per heavy atom. The highest BCUT2D eigenvalue weighted by atomic mass is 16.5. The van der Waals surface area contributed by atoms with Crippen molar-refractivity contribution in [3.8, 4) is 11.5 Å². The number of aliphatic hydroxyl groups is 2. The van der Waals surface area contributed by atoms with Crippen LogP contribution in [0.15, 0.2) is 23.3 Å². The number of aliphatic hydroxyl groups excluding tert-OH is 2. The van der Waals surface area contributed by atoms with Crippen molar-refractivity contribution in [1.82, 2.24) is 0 Å². The summed E-state index contributed by atoms with van der Waals surface area (Å²) in [6.45, 7) is 0.953. The minimum atomic E-state index is -1.15. The Labute approximate surface area is 110 Å². The van der Waals surface area contributed by atoms with Gasteiger partial charge in [-0.3, -0.25) is 0 Å². The number of hydrogen-bond acceptors (Lipinski definition) is 5. The zero-order valence-electron chi connectivity index (χ0n) is 10.3. The van der Waals surface area contributed by atoms with Gasteiger partial charge in [-0.05, 0) is 23.2 Å². The number of rotatable bonds is 4. The van der Waals surface area contributed by atoms with Crippen molar-refractivity contribution in [2.24, 2.45) is 5.11 Å². The molecule has 0 fully saturated rings. The van der Waals surface area contributed by atoms with Crippen LogP contribution < -0.4 is 9.47 Å². The predicted octanol–water partition coefficient (Wildman–Crippen LogP) is 1.55. The van der Waals surface area contributed by atoms with Gasteiger partial charge in [-0.15, -0.1) is 0 Å². The molecule has 1 aliphatic rings. The van der Waals surface area contributed by atoms with E-state index in [-0.39, 0.29) is 6.54 Å². The summed E-state index contributed by atoms with van der Waals surface area (Å²) in [6.07, 6.45) is -1.49. The van der Waals surface area contributed by atoms with Gasteiger partial charge in [-0.1, -0.05) is 11.2 Å². The predicted molar refractivity (Wildman–Crippen MR) is 67.0 cm³/mol. The van der Waals surface area contributed by atoms with E-state index in [4.69, 9.17) is 15.0 Å². The van der Waals surface area contributed by atoms with Crippen molar-refractivity contribution in [3.63, 3.8) is 0 Å². The summed E-state index contributed by atoms with van der Waals surface area (Å²) in [5.74, 6) is 1.17. The largest absolute Gasteiger partial charge is 0.490 e. The third-order valence-corrected chi connectivity index (χ3v) is 2.81. The summed E-state index contributed by atoms with van der Waals surface area (Å²) in [7, 11) is 0. The molecule has 2 atom stereocenters. The summed E-state index contributed by atoms with van der Waals surface area (Å²) >= 11 is 0. The first-order chi connectivity index (χ1) is 9.22. The number of nitrogens with zero attached hydrogens (tertiary/aromatic N) is 3. The highest BCUT2D eigenvalue weighted by Crippen LogP contribution is 2.33. The van der Waals surface area contributed by atoms with Crippen molar-refractivity contribution >= 4 is 0 Å². The van der Waals surface area contributed by atoms with Crippen LogP contribution in [0.4, 0.5) is 0 Å². The molecule has 7 nitrogen and oxygen atoms in total. The molecule has 102 valence electrons. The second kappa shape index (κ2) is 6.29. The number of azide groups is 1. The lowest BCUT2D eigenvalue weighted by Gasteiger charge is -2.17. The second-order valence-electron chi connectivity index (χ2n) is 4.18. The molecule has 0 aromatic heterocycles. The topological polar surface area (TPSA) is 108 Å².